The van der Waals surface area contributed by atoms with Gasteiger partial charge in [0.25, 0.3) is 0 Å². The summed E-state index contributed by atoms with van der Waals surface area (Å²) in [6, 6.07) is 4.00. The van der Waals surface area contributed by atoms with Crippen LogP contribution in [0.25, 0.3) is 5.65 Å². The van der Waals surface area contributed by atoms with Gasteiger partial charge in [-0.25, -0.2) is 0 Å². The zero-order valence-electron chi connectivity index (χ0n) is 13.2. The SMILES string of the molecule is C[C@H](CNc1ccc2nnc(C3CC3)n2n1)CN1CCCC1. The highest BCUT2D eigenvalue weighted by Gasteiger charge is 2.29. The maximum Gasteiger partial charge on any atom is 0.178 e. The number of nitrogens with one attached hydrogen (secondary N) is 1. The molecule has 0 bridgehead atoms. The lowest BCUT2D eigenvalue weighted by Gasteiger charge is -2.20. The summed E-state index contributed by atoms with van der Waals surface area (Å²) in [5, 5.41) is 16.6. The van der Waals surface area contributed by atoms with Gasteiger partial charge in [0.15, 0.2) is 11.5 Å². The molecule has 1 saturated heterocycles. The molecule has 2 aliphatic rings. The van der Waals surface area contributed by atoms with Crippen LogP contribution in [-0.2, 0) is 0 Å². The van der Waals surface area contributed by atoms with Crippen molar-refractivity contribution in [1.82, 2.24) is 24.7 Å². The fraction of sp³-hybridized carbons (Fsp3) is 0.688. The van der Waals surface area contributed by atoms with Gasteiger partial charge < -0.3 is 10.2 Å². The first-order chi connectivity index (χ1) is 10.8. The van der Waals surface area contributed by atoms with Crippen molar-refractivity contribution in [1.29, 1.82) is 0 Å². The number of anilines is 1. The Bertz CT molecular complexity index is 641. The van der Waals surface area contributed by atoms with Crippen LogP contribution < -0.4 is 5.32 Å². The standard InChI is InChI=1S/C16H24N6/c1-12(11-21-8-2-3-9-21)10-17-14-6-7-15-18-19-16(13-4-5-13)22(15)20-14/h6-7,12-13H,2-5,8-11H2,1H3,(H,17,20)/t12-/m1/s1. The highest BCUT2D eigenvalue weighted by atomic mass is 15.4. The molecule has 2 aromatic rings. The highest BCUT2D eigenvalue weighted by molar-refractivity contribution is 5.44. The maximum absolute atomic E-state index is 4.67. The number of aromatic nitrogens is 4. The van der Waals surface area contributed by atoms with Crippen LogP contribution in [0.1, 0.15) is 44.3 Å². The van der Waals surface area contributed by atoms with Gasteiger partial charge in [0.2, 0.25) is 0 Å². The average Bonchev–Trinajstić information content (AvgIpc) is 3.08. The van der Waals surface area contributed by atoms with Gasteiger partial charge in [-0.1, -0.05) is 6.92 Å². The van der Waals surface area contributed by atoms with Gasteiger partial charge in [-0.05, 0) is 56.8 Å². The van der Waals surface area contributed by atoms with Gasteiger partial charge in [-0.3, -0.25) is 0 Å². The molecule has 0 spiro atoms. The summed E-state index contributed by atoms with van der Waals surface area (Å²) in [5.74, 6) is 3.12. The van der Waals surface area contributed by atoms with E-state index in [2.05, 4.69) is 32.4 Å². The van der Waals surface area contributed by atoms with Crippen LogP contribution in [0.4, 0.5) is 5.82 Å². The molecule has 2 aromatic heterocycles. The molecule has 0 unspecified atom stereocenters. The number of hydrogen-bond acceptors (Lipinski definition) is 5. The van der Waals surface area contributed by atoms with E-state index in [0.717, 1.165) is 23.8 Å². The first-order valence-electron chi connectivity index (χ1n) is 8.48. The Morgan fingerprint density at radius 1 is 1.23 bits per heavy atom. The summed E-state index contributed by atoms with van der Waals surface area (Å²) in [5.41, 5.74) is 0.845. The van der Waals surface area contributed by atoms with Crippen LogP contribution in [0.2, 0.25) is 0 Å². The van der Waals surface area contributed by atoms with Crippen molar-refractivity contribution in [2.45, 2.75) is 38.5 Å². The van der Waals surface area contributed by atoms with Crippen LogP contribution in [0, 0.1) is 5.92 Å². The minimum absolute atomic E-state index is 0.562. The molecule has 0 radical (unpaired) electrons. The van der Waals surface area contributed by atoms with Gasteiger partial charge >= 0.3 is 0 Å². The Labute approximate surface area is 130 Å². The minimum atomic E-state index is 0.562. The predicted octanol–water partition coefficient (Wildman–Crippen LogP) is 2.15. The molecule has 2 fully saturated rings. The summed E-state index contributed by atoms with van der Waals surface area (Å²) in [4.78, 5) is 2.56. The molecule has 1 N–H and O–H groups in total. The number of rotatable bonds is 6. The number of fused-ring (bicyclic) bond motifs is 1. The molecule has 0 amide bonds. The number of hydrogen-bond donors (Lipinski definition) is 1. The molecule has 3 heterocycles. The third-order valence-electron chi connectivity index (χ3n) is 4.63. The van der Waals surface area contributed by atoms with Gasteiger partial charge in [-0.15, -0.1) is 15.3 Å². The second kappa shape index (κ2) is 5.83. The molecule has 6 heteroatoms. The Kier molecular flexibility index (Phi) is 3.70. The molecule has 0 aromatic carbocycles. The zero-order chi connectivity index (χ0) is 14.9. The average molecular weight is 300 g/mol. The van der Waals surface area contributed by atoms with Crippen LogP contribution in [-0.4, -0.2) is 50.9 Å². The van der Waals surface area contributed by atoms with Crippen LogP contribution in [0.5, 0.6) is 0 Å². The van der Waals surface area contributed by atoms with E-state index >= 15 is 0 Å². The van der Waals surface area contributed by atoms with Gasteiger partial charge in [0.1, 0.15) is 5.82 Å². The zero-order valence-corrected chi connectivity index (χ0v) is 13.2. The minimum Gasteiger partial charge on any atom is -0.368 e. The number of nitrogens with zero attached hydrogens (tertiary/aromatic N) is 5. The van der Waals surface area contributed by atoms with E-state index in [4.69, 9.17) is 0 Å². The van der Waals surface area contributed by atoms with Crippen molar-refractivity contribution in [2.75, 3.05) is 31.5 Å². The Morgan fingerprint density at radius 3 is 2.82 bits per heavy atom. The molecule has 1 aliphatic heterocycles. The lowest BCUT2D eigenvalue weighted by molar-refractivity contribution is 0.294. The third-order valence-corrected chi connectivity index (χ3v) is 4.63. The fourth-order valence-electron chi connectivity index (χ4n) is 3.25. The van der Waals surface area contributed by atoms with Crippen molar-refractivity contribution >= 4 is 11.5 Å². The monoisotopic (exact) mass is 300 g/mol. The Hall–Kier alpha value is -1.69. The lowest BCUT2D eigenvalue weighted by Crippen LogP contribution is -2.29. The molecule has 1 aliphatic carbocycles. The maximum atomic E-state index is 4.67. The number of likely N-dealkylation sites (tertiary alicyclic amines) is 1. The van der Waals surface area contributed by atoms with Crippen molar-refractivity contribution in [2.24, 2.45) is 5.92 Å². The molecular weight excluding hydrogens is 276 g/mol. The molecule has 1 saturated carbocycles. The smallest absolute Gasteiger partial charge is 0.178 e. The highest BCUT2D eigenvalue weighted by Crippen LogP contribution is 2.38. The van der Waals surface area contributed by atoms with Crippen molar-refractivity contribution in [3.63, 3.8) is 0 Å². The second-order valence-electron chi connectivity index (χ2n) is 6.81. The normalized spacial score (nSPS) is 20.6. The Morgan fingerprint density at radius 2 is 2.05 bits per heavy atom. The molecular formula is C16H24N6. The Balaban J connectivity index is 1.39. The van der Waals surface area contributed by atoms with E-state index in [1.165, 1.54) is 45.3 Å². The van der Waals surface area contributed by atoms with Crippen LogP contribution >= 0.6 is 0 Å². The second-order valence-corrected chi connectivity index (χ2v) is 6.81. The van der Waals surface area contributed by atoms with Crippen molar-refractivity contribution < 1.29 is 0 Å². The van der Waals surface area contributed by atoms with E-state index in [-0.39, 0.29) is 0 Å². The van der Waals surface area contributed by atoms with E-state index in [0.29, 0.717) is 11.8 Å². The van der Waals surface area contributed by atoms with E-state index < -0.39 is 0 Å². The largest absolute Gasteiger partial charge is 0.368 e. The molecule has 22 heavy (non-hydrogen) atoms. The first kappa shape index (κ1) is 13.9. The predicted molar refractivity (Wildman–Crippen MR) is 86.1 cm³/mol. The van der Waals surface area contributed by atoms with Gasteiger partial charge in [0.05, 0.1) is 0 Å². The van der Waals surface area contributed by atoms with Crippen molar-refractivity contribution in [3.8, 4) is 0 Å². The molecule has 4 rings (SSSR count). The molecule has 1 atom stereocenters. The summed E-state index contributed by atoms with van der Waals surface area (Å²) < 4.78 is 1.91. The van der Waals surface area contributed by atoms with E-state index in [9.17, 15) is 0 Å². The van der Waals surface area contributed by atoms with E-state index in [1.807, 2.05) is 16.6 Å². The first-order valence-corrected chi connectivity index (χ1v) is 8.48. The third kappa shape index (κ3) is 2.92. The summed E-state index contributed by atoms with van der Waals surface area (Å²) in [7, 11) is 0. The molecule has 118 valence electrons. The molecule has 6 nitrogen and oxygen atoms in total. The quantitative estimate of drug-likeness (QED) is 0.886. The fourth-order valence-corrected chi connectivity index (χ4v) is 3.25. The van der Waals surface area contributed by atoms with Crippen molar-refractivity contribution in [3.05, 3.63) is 18.0 Å². The summed E-state index contributed by atoms with van der Waals surface area (Å²) >= 11 is 0. The summed E-state index contributed by atoms with van der Waals surface area (Å²) in [6.45, 7) is 6.96. The topological polar surface area (TPSA) is 58.4 Å². The lowest BCUT2D eigenvalue weighted by atomic mass is 10.1. The summed E-state index contributed by atoms with van der Waals surface area (Å²) in [6.07, 6.45) is 5.14. The van der Waals surface area contributed by atoms with Crippen LogP contribution in [0.3, 0.4) is 0 Å². The van der Waals surface area contributed by atoms with Crippen LogP contribution in [0.15, 0.2) is 12.1 Å². The van der Waals surface area contributed by atoms with Gasteiger partial charge in [0, 0.05) is 19.0 Å². The van der Waals surface area contributed by atoms with Gasteiger partial charge in [-0.2, -0.15) is 4.52 Å². The van der Waals surface area contributed by atoms with E-state index in [1.54, 1.807) is 0 Å².